The fraction of sp³-hybridized carbons (Fsp3) is 0.774. The summed E-state index contributed by atoms with van der Waals surface area (Å²) in [7, 11) is -2.75. The van der Waals surface area contributed by atoms with Crippen LogP contribution in [0.3, 0.4) is 0 Å². The van der Waals surface area contributed by atoms with E-state index in [4.69, 9.17) is 13.8 Å². The van der Waals surface area contributed by atoms with Crippen molar-refractivity contribution < 1.29 is 23.0 Å². The second kappa shape index (κ2) is 11.5. The molecule has 0 bridgehead atoms. The monoisotopic (exact) mass is 545 g/mol. The molecule has 210 valence electrons. The summed E-state index contributed by atoms with van der Waals surface area (Å²) < 4.78 is 34.8. The number of hydrogen-bond acceptors (Lipinski definition) is 4. The maximum absolute atomic E-state index is 15.6. The fourth-order valence-corrected chi connectivity index (χ4v) is 13.7. The third-order valence-corrected chi connectivity index (χ3v) is 15.9. The van der Waals surface area contributed by atoms with Crippen LogP contribution in [0.5, 0.6) is 0 Å². The van der Waals surface area contributed by atoms with Crippen molar-refractivity contribution in [3.05, 3.63) is 29.6 Å². The molecule has 0 N–H and O–H groups in total. The Morgan fingerprint density at radius 2 is 1.21 bits per heavy atom. The lowest BCUT2D eigenvalue weighted by Gasteiger charge is -2.45. The van der Waals surface area contributed by atoms with E-state index in [9.17, 15) is 4.79 Å². The molecule has 0 spiro atoms. The molecule has 3 saturated carbocycles. The molecule has 3 aliphatic carbocycles. The predicted octanol–water partition coefficient (Wildman–Crippen LogP) is 8.21. The Balaban J connectivity index is 1.45. The molecule has 5 rings (SSSR count). The molecule has 0 unspecified atom stereocenters. The molecule has 1 aromatic rings. The standard InChI is InChI=1S/C31H48BFO4P/c1-30(2)31(3,4)37-32(36-30)23-20-21-27(28(33)22-23)29(34)35-38(24-14-8-5-9-15-24,25-16-10-6-11-17-25)26-18-12-7-13-19-26/h20-22,24-26H,5-19H2,1-4H3/q+1. The van der Waals surface area contributed by atoms with Gasteiger partial charge in [-0.1, -0.05) is 25.3 Å². The quantitative estimate of drug-likeness (QED) is 0.267. The van der Waals surface area contributed by atoms with Crippen molar-refractivity contribution in [1.82, 2.24) is 0 Å². The third kappa shape index (κ3) is 5.48. The van der Waals surface area contributed by atoms with Gasteiger partial charge in [-0.05, 0) is 122 Å². The molecule has 0 atom stereocenters. The second-order valence-electron chi connectivity index (χ2n) is 13.3. The molecule has 38 heavy (non-hydrogen) atoms. The van der Waals surface area contributed by atoms with Gasteiger partial charge in [-0.3, -0.25) is 0 Å². The highest BCUT2D eigenvalue weighted by Gasteiger charge is 2.62. The number of hydrogen-bond donors (Lipinski definition) is 0. The van der Waals surface area contributed by atoms with E-state index in [1.165, 1.54) is 102 Å². The van der Waals surface area contributed by atoms with E-state index in [0.29, 0.717) is 22.4 Å². The van der Waals surface area contributed by atoms with Crippen LogP contribution in [0, 0.1) is 5.82 Å². The van der Waals surface area contributed by atoms with Crippen molar-refractivity contribution >= 4 is 26.0 Å². The molecule has 7 heteroatoms. The van der Waals surface area contributed by atoms with E-state index < -0.39 is 37.6 Å². The highest BCUT2D eigenvalue weighted by atomic mass is 31.2. The molecular formula is C31H48BFO4P+. The van der Waals surface area contributed by atoms with Gasteiger partial charge in [0.05, 0.1) is 16.8 Å². The SMILES string of the molecule is CC1(C)OB(c2ccc(C(=O)O[P+](C3CCCCC3)(C3CCCCC3)C3CCCCC3)c(F)c2)OC1(C)C. The second-order valence-corrected chi connectivity index (χ2v) is 17.2. The van der Waals surface area contributed by atoms with E-state index in [-0.39, 0.29) is 5.56 Å². The smallest absolute Gasteiger partial charge is 0.399 e. The Morgan fingerprint density at radius 3 is 1.61 bits per heavy atom. The van der Waals surface area contributed by atoms with Crippen LogP contribution in [0.2, 0.25) is 0 Å². The van der Waals surface area contributed by atoms with Crippen molar-refractivity contribution in [2.75, 3.05) is 0 Å². The minimum Gasteiger partial charge on any atom is -0.399 e. The predicted molar refractivity (Wildman–Crippen MR) is 155 cm³/mol. The van der Waals surface area contributed by atoms with Gasteiger partial charge in [0.25, 0.3) is 0 Å². The summed E-state index contributed by atoms with van der Waals surface area (Å²) in [6, 6.07) is 4.81. The van der Waals surface area contributed by atoms with E-state index >= 15 is 4.39 Å². The van der Waals surface area contributed by atoms with Crippen molar-refractivity contribution in [1.29, 1.82) is 0 Å². The summed E-state index contributed by atoms with van der Waals surface area (Å²) in [6.07, 6.45) is 18.3. The van der Waals surface area contributed by atoms with E-state index in [1.54, 1.807) is 12.1 Å². The molecule has 4 fully saturated rings. The van der Waals surface area contributed by atoms with Crippen LogP contribution in [0.25, 0.3) is 0 Å². The van der Waals surface area contributed by atoms with Gasteiger partial charge in [0.1, 0.15) is 22.8 Å². The summed E-state index contributed by atoms with van der Waals surface area (Å²) in [5, 5.41) is 0. The van der Waals surface area contributed by atoms with Crippen LogP contribution in [-0.4, -0.2) is 41.3 Å². The van der Waals surface area contributed by atoms with E-state index in [2.05, 4.69) is 0 Å². The first-order valence-electron chi connectivity index (χ1n) is 15.4. The summed E-state index contributed by atoms with van der Waals surface area (Å²) in [5.41, 5.74) is 1.16. The zero-order chi connectivity index (χ0) is 27.0. The molecule has 1 aromatic carbocycles. The number of halogens is 1. The molecule has 0 radical (unpaired) electrons. The molecular weight excluding hydrogens is 497 g/mol. The van der Waals surface area contributed by atoms with Crippen molar-refractivity contribution in [2.45, 2.75) is 152 Å². The molecule has 4 nitrogen and oxygen atoms in total. The van der Waals surface area contributed by atoms with Gasteiger partial charge >= 0.3 is 13.1 Å². The summed E-state index contributed by atoms with van der Waals surface area (Å²) in [6.45, 7) is 7.95. The average molecular weight is 546 g/mol. The lowest BCUT2D eigenvalue weighted by molar-refractivity contribution is 0.00578. The molecule has 1 saturated heterocycles. The first kappa shape index (κ1) is 28.6. The Morgan fingerprint density at radius 1 is 0.789 bits per heavy atom. The summed E-state index contributed by atoms with van der Waals surface area (Å²) in [5.74, 6) is -0.964. The van der Waals surface area contributed by atoms with Gasteiger partial charge in [0.15, 0.2) is 0 Å². The molecule has 1 heterocycles. The van der Waals surface area contributed by atoms with Gasteiger partial charge in [-0.15, -0.1) is 0 Å². The van der Waals surface area contributed by atoms with Crippen LogP contribution in [0.4, 0.5) is 4.39 Å². The van der Waals surface area contributed by atoms with Crippen LogP contribution >= 0.6 is 7.49 Å². The zero-order valence-electron chi connectivity index (χ0n) is 24.1. The Labute approximate surface area is 230 Å². The van der Waals surface area contributed by atoms with E-state index in [0.717, 1.165) is 0 Å². The Bertz CT molecular complexity index is 919. The van der Waals surface area contributed by atoms with Crippen LogP contribution in [0.15, 0.2) is 18.2 Å². The van der Waals surface area contributed by atoms with Crippen LogP contribution < -0.4 is 5.46 Å². The number of benzene rings is 1. The first-order chi connectivity index (χ1) is 18.1. The number of carbonyl (C=O) groups is 1. The summed E-state index contributed by atoms with van der Waals surface area (Å²) in [4.78, 5) is 14.0. The lowest BCUT2D eigenvalue weighted by Crippen LogP contribution is -2.41. The first-order valence-corrected chi connectivity index (χ1v) is 17.3. The van der Waals surface area contributed by atoms with Crippen LogP contribution in [-0.2, 0) is 13.8 Å². The highest BCUT2D eigenvalue weighted by molar-refractivity contribution is 7.73. The number of rotatable bonds is 6. The zero-order valence-corrected chi connectivity index (χ0v) is 25.0. The fourth-order valence-electron chi connectivity index (χ4n) is 7.59. The van der Waals surface area contributed by atoms with Gasteiger partial charge in [0.2, 0.25) is 7.49 Å². The minimum atomic E-state index is -2.10. The minimum absolute atomic E-state index is 0.0667. The molecule has 0 aromatic heterocycles. The summed E-state index contributed by atoms with van der Waals surface area (Å²) >= 11 is 0. The maximum atomic E-state index is 15.6. The number of carbonyl (C=O) groups excluding carboxylic acids is 1. The Hall–Kier alpha value is -0.965. The Kier molecular flexibility index (Phi) is 8.64. The average Bonchev–Trinajstić information content (AvgIpc) is 3.15. The lowest BCUT2D eigenvalue weighted by atomic mass is 9.78. The van der Waals surface area contributed by atoms with Crippen molar-refractivity contribution in [3.63, 3.8) is 0 Å². The maximum Gasteiger partial charge on any atom is 0.494 e. The van der Waals surface area contributed by atoms with Gasteiger partial charge in [0, 0.05) is 0 Å². The largest absolute Gasteiger partial charge is 0.494 e. The molecule has 1 aliphatic heterocycles. The van der Waals surface area contributed by atoms with Crippen LogP contribution in [0.1, 0.15) is 134 Å². The van der Waals surface area contributed by atoms with Gasteiger partial charge in [-0.2, -0.15) is 0 Å². The normalized spacial score (nSPS) is 25.4. The molecule has 4 aliphatic rings. The topological polar surface area (TPSA) is 44.8 Å². The van der Waals surface area contributed by atoms with E-state index in [1.807, 2.05) is 27.7 Å². The van der Waals surface area contributed by atoms with Gasteiger partial charge < -0.3 is 13.8 Å². The van der Waals surface area contributed by atoms with Crippen molar-refractivity contribution in [2.24, 2.45) is 0 Å². The highest BCUT2D eigenvalue weighted by Crippen LogP contribution is 2.78. The van der Waals surface area contributed by atoms with Crippen molar-refractivity contribution in [3.8, 4) is 0 Å². The third-order valence-electron chi connectivity index (χ3n) is 10.4. The van der Waals surface area contributed by atoms with Gasteiger partial charge in [-0.25, -0.2) is 9.18 Å². The molecule has 0 amide bonds.